The highest BCUT2D eigenvalue weighted by Gasteiger charge is 2.12. The predicted molar refractivity (Wildman–Crippen MR) is 67.8 cm³/mol. The molecule has 0 spiro atoms. The summed E-state index contributed by atoms with van der Waals surface area (Å²) in [6.07, 6.45) is 0. The SMILES string of the molecule is COc1ccc(C)c(-c2cc(F)cc(F)c2C)c1. The van der Waals surface area contributed by atoms with E-state index in [9.17, 15) is 8.78 Å². The molecule has 0 saturated carbocycles. The number of aryl methyl sites for hydroxylation is 1. The minimum absolute atomic E-state index is 0.438. The maximum Gasteiger partial charge on any atom is 0.129 e. The Morgan fingerprint density at radius 3 is 2.33 bits per heavy atom. The second-order valence-corrected chi connectivity index (χ2v) is 4.24. The summed E-state index contributed by atoms with van der Waals surface area (Å²) in [5.74, 6) is -0.442. The van der Waals surface area contributed by atoms with Crippen LogP contribution >= 0.6 is 0 Å². The average Bonchev–Trinajstić information content (AvgIpc) is 2.34. The van der Waals surface area contributed by atoms with Gasteiger partial charge in [0.25, 0.3) is 0 Å². The van der Waals surface area contributed by atoms with Gasteiger partial charge in [0.1, 0.15) is 17.4 Å². The van der Waals surface area contributed by atoms with Gasteiger partial charge in [0, 0.05) is 6.07 Å². The Morgan fingerprint density at radius 2 is 1.67 bits per heavy atom. The number of benzene rings is 2. The highest BCUT2D eigenvalue weighted by molar-refractivity contribution is 5.72. The summed E-state index contributed by atoms with van der Waals surface area (Å²) in [4.78, 5) is 0. The fourth-order valence-electron chi connectivity index (χ4n) is 1.94. The van der Waals surface area contributed by atoms with E-state index in [-0.39, 0.29) is 0 Å². The van der Waals surface area contributed by atoms with Gasteiger partial charge < -0.3 is 4.74 Å². The monoisotopic (exact) mass is 248 g/mol. The van der Waals surface area contributed by atoms with Crippen LogP contribution in [0.2, 0.25) is 0 Å². The van der Waals surface area contributed by atoms with Gasteiger partial charge in [-0.2, -0.15) is 0 Å². The average molecular weight is 248 g/mol. The molecule has 18 heavy (non-hydrogen) atoms. The van der Waals surface area contributed by atoms with E-state index in [0.29, 0.717) is 16.9 Å². The van der Waals surface area contributed by atoms with Gasteiger partial charge in [-0.05, 0) is 54.3 Å². The lowest BCUT2D eigenvalue weighted by molar-refractivity contribution is 0.415. The molecule has 0 fully saturated rings. The van der Waals surface area contributed by atoms with Crippen LogP contribution in [0.1, 0.15) is 11.1 Å². The van der Waals surface area contributed by atoms with Gasteiger partial charge in [0.05, 0.1) is 7.11 Å². The molecule has 0 bridgehead atoms. The fraction of sp³-hybridized carbons (Fsp3) is 0.200. The number of halogens is 2. The van der Waals surface area contributed by atoms with E-state index < -0.39 is 11.6 Å². The first-order chi connectivity index (χ1) is 8.52. The molecule has 94 valence electrons. The molecule has 2 rings (SSSR count). The summed E-state index contributed by atoms with van der Waals surface area (Å²) in [5.41, 5.74) is 2.73. The normalized spacial score (nSPS) is 10.5. The van der Waals surface area contributed by atoms with Crippen LogP contribution in [0.5, 0.6) is 5.75 Å². The van der Waals surface area contributed by atoms with Gasteiger partial charge in [-0.15, -0.1) is 0 Å². The van der Waals surface area contributed by atoms with E-state index in [2.05, 4.69) is 0 Å². The van der Waals surface area contributed by atoms with Crippen LogP contribution in [0.25, 0.3) is 11.1 Å². The molecule has 0 aliphatic heterocycles. The van der Waals surface area contributed by atoms with E-state index >= 15 is 0 Å². The molecule has 0 aromatic heterocycles. The van der Waals surface area contributed by atoms with Gasteiger partial charge in [-0.25, -0.2) is 8.78 Å². The minimum atomic E-state index is -0.574. The van der Waals surface area contributed by atoms with Crippen molar-refractivity contribution in [3.05, 3.63) is 53.1 Å². The van der Waals surface area contributed by atoms with Crippen molar-refractivity contribution in [1.82, 2.24) is 0 Å². The highest BCUT2D eigenvalue weighted by Crippen LogP contribution is 2.31. The van der Waals surface area contributed by atoms with Crippen LogP contribution < -0.4 is 4.74 Å². The Kier molecular flexibility index (Phi) is 3.32. The number of hydrogen-bond donors (Lipinski definition) is 0. The van der Waals surface area contributed by atoms with Gasteiger partial charge in [-0.1, -0.05) is 6.07 Å². The lowest BCUT2D eigenvalue weighted by Gasteiger charge is -2.12. The summed E-state index contributed by atoms with van der Waals surface area (Å²) in [5, 5.41) is 0. The molecular formula is C15H14F2O. The van der Waals surface area contributed by atoms with Crippen molar-refractivity contribution in [2.75, 3.05) is 7.11 Å². The topological polar surface area (TPSA) is 9.23 Å². The molecule has 0 amide bonds. The minimum Gasteiger partial charge on any atom is -0.497 e. The van der Waals surface area contributed by atoms with Crippen molar-refractivity contribution in [1.29, 1.82) is 0 Å². The maximum absolute atomic E-state index is 13.6. The predicted octanol–water partition coefficient (Wildman–Crippen LogP) is 4.26. The number of hydrogen-bond acceptors (Lipinski definition) is 1. The molecule has 0 atom stereocenters. The van der Waals surface area contributed by atoms with Crippen molar-refractivity contribution in [2.24, 2.45) is 0 Å². The third-order valence-corrected chi connectivity index (χ3v) is 3.04. The lowest BCUT2D eigenvalue weighted by Crippen LogP contribution is -1.94. The molecule has 2 aromatic rings. The van der Waals surface area contributed by atoms with Gasteiger partial charge in [0.15, 0.2) is 0 Å². The molecule has 0 aliphatic carbocycles. The Hall–Kier alpha value is -1.90. The molecular weight excluding hydrogens is 234 g/mol. The Balaban J connectivity index is 2.68. The molecule has 0 aliphatic rings. The molecule has 0 N–H and O–H groups in total. The molecule has 0 saturated heterocycles. The lowest BCUT2D eigenvalue weighted by atomic mass is 9.96. The zero-order valence-electron chi connectivity index (χ0n) is 10.6. The highest BCUT2D eigenvalue weighted by atomic mass is 19.1. The Morgan fingerprint density at radius 1 is 0.944 bits per heavy atom. The number of rotatable bonds is 2. The van der Waals surface area contributed by atoms with Gasteiger partial charge >= 0.3 is 0 Å². The van der Waals surface area contributed by atoms with E-state index in [1.807, 2.05) is 19.1 Å². The Labute approximate surface area is 105 Å². The molecule has 3 heteroatoms. The van der Waals surface area contributed by atoms with E-state index in [0.717, 1.165) is 17.2 Å². The number of methoxy groups -OCH3 is 1. The van der Waals surface area contributed by atoms with Crippen LogP contribution in [0.15, 0.2) is 30.3 Å². The third kappa shape index (κ3) is 2.21. The summed E-state index contributed by atoms with van der Waals surface area (Å²) >= 11 is 0. The maximum atomic E-state index is 13.6. The summed E-state index contributed by atoms with van der Waals surface area (Å²) < 4.78 is 32.0. The van der Waals surface area contributed by atoms with E-state index in [4.69, 9.17) is 4.74 Å². The quantitative estimate of drug-likeness (QED) is 0.771. The van der Waals surface area contributed by atoms with Crippen molar-refractivity contribution in [3.63, 3.8) is 0 Å². The Bertz CT molecular complexity index is 591. The first-order valence-electron chi connectivity index (χ1n) is 5.63. The van der Waals surface area contributed by atoms with E-state index in [1.54, 1.807) is 20.1 Å². The first kappa shape index (κ1) is 12.6. The largest absolute Gasteiger partial charge is 0.497 e. The molecule has 2 aromatic carbocycles. The van der Waals surface area contributed by atoms with Crippen LogP contribution in [-0.2, 0) is 0 Å². The molecule has 0 heterocycles. The van der Waals surface area contributed by atoms with Crippen molar-refractivity contribution >= 4 is 0 Å². The summed E-state index contributed by atoms with van der Waals surface area (Å²) in [6.45, 7) is 3.54. The van der Waals surface area contributed by atoms with Crippen LogP contribution in [-0.4, -0.2) is 7.11 Å². The smallest absolute Gasteiger partial charge is 0.129 e. The van der Waals surface area contributed by atoms with Crippen LogP contribution in [0.4, 0.5) is 8.78 Å². The fourth-order valence-corrected chi connectivity index (χ4v) is 1.94. The molecule has 0 unspecified atom stereocenters. The summed E-state index contributed by atoms with van der Waals surface area (Å²) in [7, 11) is 1.56. The first-order valence-corrected chi connectivity index (χ1v) is 5.63. The van der Waals surface area contributed by atoms with E-state index in [1.165, 1.54) is 6.07 Å². The molecule has 0 radical (unpaired) electrons. The molecule has 1 nitrogen and oxygen atoms in total. The van der Waals surface area contributed by atoms with Gasteiger partial charge in [-0.3, -0.25) is 0 Å². The van der Waals surface area contributed by atoms with Gasteiger partial charge in [0.2, 0.25) is 0 Å². The number of ether oxygens (including phenoxy) is 1. The second-order valence-electron chi connectivity index (χ2n) is 4.24. The zero-order chi connectivity index (χ0) is 13.3. The van der Waals surface area contributed by atoms with Crippen LogP contribution in [0, 0.1) is 25.5 Å². The van der Waals surface area contributed by atoms with Crippen molar-refractivity contribution < 1.29 is 13.5 Å². The zero-order valence-corrected chi connectivity index (χ0v) is 10.6. The van der Waals surface area contributed by atoms with Crippen molar-refractivity contribution in [2.45, 2.75) is 13.8 Å². The second kappa shape index (κ2) is 4.77. The summed E-state index contributed by atoms with van der Waals surface area (Å²) in [6, 6.07) is 7.73. The third-order valence-electron chi connectivity index (χ3n) is 3.04. The van der Waals surface area contributed by atoms with Crippen LogP contribution in [0.3, 0.4) is 0 Å². The van der Waals surface area contributed by atoms with Crippen molar-refractivity contribution in [3.8, 4) is 16.9 Å². The standard InChI is InChI=1S/C15H14F2O/c1-9-4-5-12(18-3)8-13(9)14-6-11(16)7-15(17)10(14)2/h4-8H,1-3H3.